The Labute approximate surface area is 191 Å². The summed E-state index contributed by atoms with van der Waals surface area (Å²) < 4.78 is 16.5. The van der Waals surface area contributed by atoms with Crippen LogP contribution in [0, 0.1) is 0 Å². The molecule has 1 aromatic heterocycles. The number of carbonyl (C=O) groups excluding carboxylic acids is 2. The molecule has 170 valence electrons. The molecular weight excluding hydrogens is 422 g/mol. The summed E-state index contributed by atoms with van der Waals surface area (Å²) in [4.78, 5) is 27.8. The molecular formula is C26H25NO6. The van der Waals surface area contributed by atoms with Crippen molar-refractivity contribution in [3.05, 3.63) is 89.6 Å². The van der Waals surface area contributed by atoms with E-state index < -0.39 is 23.5 Å². The van der Waals surface area contributed by atoms with E-state index in [-0.39, 0.29) is 17.4 Å². The molecule has 1 aliphatic rings. The van der Waals surface area contributed by atoms with Gasteiger partial charge in [0.1, 0.15) is 11.5 Å². The maximum atomic E-state index is 13.2. The van der Waals surface area contributed by atoms with Gasteiger partial charge in [-0.1, -0.05) is 12.1 Å². The van der Waals surface area contributed by atoms with Crippen molar-refractivity contribution < 1.29 is 28.6 Å². The lowest BCUT2D eigenvalue weighted by Gasteiger charge is -2.27. The van der Waals surface area contributed by atoms with Crippen LogP contribution in [0.5, 0.6) is 11.5 Å². The normalized spacial score (nSPS) is 15.9. The van der Waals surface area contributed by atoms with Gasteiger partial charge in [0.25, 0.3) is 5.91 Å². The van der Waals surface area contributed by atoms with Gasteiger partial charge >= 0.3 is 0 Å². The summed E-state index contributed by atoms with van der Waals surface area (Å²) in [5.74, 6) is -0.449. The Balaban J connectivity index is 1.78. The van der Waals surface area contributed by atoms with Crippen LogP contribution in [-0.4, -0.2) is 29.5 Å². The molecule has 2 heterocycles. The quantitative estimate of drug-likeness (QED) is 0.475. The summed E-state index contributed by atoms with van der Waals surface area (Å²) in [5.41, 5.74) is 1.12. The minimum Gasteiger partial charge on any atom is -0.503 e. The van der Waals surface area contributed by atoms with Crippen molar-refractivity contribution in [3.63, 3.8) is 0 Å². The van der Waals surface area contributed by atoms with Crippen molar-refractivity contribution in [2.45, 2.75) is 32.9 Å². The zero-order valence-electron chi connectivity index (χ0n) is 18.6. The number of aliphatic hydroxyl groups is 1. The van der Waals surface area contributed by atoms with E-state index in [4.69, 9.17) is 13.9 Å². The minimum absolute atomic E-state index is 0.00397. The molecule has 0 fully saturated rings. The molecule has 0 bridgehead atoms. The fourth-order valence-corrected chi connectivity index (χ4v) is 3.83. The van der Waals surface area contributed by atoms with Crippen LogP contribution in [0.4, 0.5) is 5.69 Å². The number of amides is 1. The molecule has 33 heavy (non-hydrogen) atoms. The first-order valence-electron chi connectivity index (χ1n) is 10.7. The molecule has 7 nitrogen and oxygen atoms in total. The second kappa shape index (κ2) is 9.24. The maximum Gasteiger partial charge on any atom is 0.294 e. The van der Waals surface area contributed by atoms with E-state index in [1.54, 1.807) is 54.6 Å². The fraction of sp³-hybridized carbons (Fsp3) is 0.231. The van der Waals surface area contributed by atoms with Gasteiger partial charge in [-0.2, -0.15) is 0 Å². The summed E-state index contributed by atoms with van der Waals surface area (Å²) >= 11 is 0. The van der Waals surface area contributed by atoms with Crippen LogP contribution in [-0.2, 0) is 4.79 Å². The summed E-state index contributed by atoms with van der Waals surface area (Å²) in [5, 5.41) is 10.8. The van der Waals surface area contributed by atoms with Gasteiger partial charge < -0.3 is 19.0 Å². The molecule has 1 amide bonds. The average Bonchev–Trinajstić information content (AvgIpc) is 3.42. The van der Waals surface area contributed by atoms with Crippen molar-refractivity contribution in [2.75, 3.05) is 11.5 Å². The Morgan fingerprint density at radius 2 is 1.73 bits per heavy atom. The topological polar surface area (TPSA) is 89.2 Å². The summed E-state index contributed by atoms with van der Waals surface area (Å²) in [6.07, 6.45) is 1.38. The minimum atomic E-state index is -0.846. The molecule has 1 N–H and O–H groups in total. The van der Waals surface area contributed by atoms with Crippen LogP contribution in [0.1, 0.15) is 42.9 Å². The Morgan fingerprint density at radius 1 is 1.06 bits per heavy atom. The lowest BCUT2D eigenvalue weighted by molar-refractivity contribution is -0.117. The number of carbonyl (C=O) groups is 2. The van der Waals surface area contributed by atoms with Gasteiger partial charge in [-0.3, -0.25) is 14.5 Å². The van der Waals surface area contributed by atoms with E-state index in [9.17, 15) is 14.7 Å². The fourth-order valence-electron chi connectivity index (χ4n) is 3.83. The molecule has 0 spiro atoms. The molecule has 0 aliphatic carbocycles. The van der Waals surface area contributed by atoms with E-state index in [2.05, 4.69) is 0 Å². The lowest BCUT2D eigenvalue weighted by atomic mass is 9.94. The zero-order valence-corrected chi connectivity index (χ0v) is 18.6. The van der Waals surface area contributed by atoms with Crippen LogP contribution >= 0.6 is 0 Å². The van der Waals surface area contributed by atoms with Crippen LogP contribution in [0.15, 0.2) is 82.7 Å². The highest BCUT2D eigenvalue weighted by molar-refractivity contribution is 6.20. The van der Waals surface area contributed by atoms with Crippen molar-refractivity contribution in [3.8, 4) is 11.5 Å². The monoisotopic (exact) mass is 447 g/mol. The third-order valence-corrected chi connectivity index (χ3v) is 5.19. The molecule has 0 radical (unpaired) electrons. The molecule has 1 unspecified atom stereocenters. The first-order valence-corrected chi connectivity index (χ1v) is 10.7. The first kappa shape index (κ1) is 22.2. The first-order chi connectivity index (χ1) is 15.9. The summed E-state index contributed by atoms with van der Waals surface area (Å²) in [6.45, 7) is 6.25. The largest absolute Gasteiger partial charge is 0.503 e. The molecule has 1 atom stereocenters. The Hall–Kier alpha value is -4.00. The number of ketones is 1. The van der Waals surface area contributed by atoms with Crippen LogP contribution in [0.3, 0.4) is 0 Å². The Morgan fingerprint density at radius 3 is 2.30 bits per heavy atom. The van der Waals surface area contributed by atoms with Gasteiger partial charge in [0, 0.05) is 5.69 Å². The van der Waals surface area contributed by atoms with E-state index >= 15 is 0 Å². The van der Waals surface area contributed by atoms with Gasteiger partial charge in [-0.25, -0.2) is 0 Å². The van der Waals surface area contributed by atoms with Crippen LogP contribution in [0.2, 0.25) is 0 Å². The zero-order chi connectivity index (χ0) is 23.5. The van der Waals surface area contributed by atoms with Crippen molar-refractivity contribution >= 4 is 17.4 Å². The third-order valence-electron chi connectivity index (χ3n) is 5.19. The van der Waals surface area contributed by atoms with Crippen LogP contribution in [0.25, 0.3) is 0 Å². The SMILES string of the molecule is CCOc1ccc(N2C(=O)C(O)=C(C(=O)c3ccco3)C2c2ccc(OC(C)C)cc2)cc1. The van der Waals surface area contributed by atoms with Gasteiger partial charge in [0.2, 0.25) is 5.78 Å². The number of furan rings is 1. The molecule has 1 aliphatic heterocycles. The summed E-state index contributed by atoms with van der Waals surface area (Å²) in [6, 6.07) is 16.3. The number of ether oxygens (including phenoxy) is 2. The molecule has 0 saturated heterocycles. The van der Waals surface area contributed by atoms with Crippen LogP contribution < -0.4 is 14.4 Å². The van der Waals surface area contributed by atoms with E-state index in [1.807, 2.05) is 20.8 Å². The van der Waals surface area contributed by atoms with Gasteiger partial charge in [0.15, 0.2) is 11.5 Å². The second-order valence-corrected chi connectivity index (χ2v) is 7.81. The van der Waals surface area contributed by atoms with E-state index in [1.165, 1.54) is 17.2 Å². The number of hydrogen-bond donors (Lipinski definition) is 1. The number of Topliss-reactive ketones (excluding diaryl/α,β-unsaturated/α-hetero) is 1. The van der Waals surface area contributed by atoms with Crippen molar-refractivity contribution in [1.29, 1.82) is 0 Å². The molecule has 0 saturated carbocycles. The van der Waals surface area contributed by atoms with E-state index in [0.717, 1.165) is 0 Å². The predicted molar refractivity (Wildman–Crippen MR) is 123 cm³/mol. The smallest absolute Gasteiger partial charge is 0.294 e. The number of hydrogen-bond acceptors (Lipinski definition) is 6. The number of nitrogens with zero attached hydrogens (tertiary/aromatic N) is 1. The standard InChI is InChI=1S/C26H25NO6/c1-4-31-19-13-9-18(10-14-19)27-23(17-7-11-20(12-8-17)33-16(2)3)22(25(29)26(27)30)24(28)21-6-5-15-32-21/h5-16,23,29H,4H2,1-3H3. The summed E-state index contributed by atoms with van der Waals surface area (Å²) in [7, 11) is 0. The molecule has 7 heteroatoms. The number of rotatable bonds is 8. The second-order valence-electron chi connectivity index (χ2n) is 7.81. The Kier molecular flexibility index (Phi) is 6.22. The predicted octanol–water partition coefficient (Wildman–Crippen LogP) is 5.25. The maximum absolute atomic E-state index is 13.2. The highest BCUT2D eigenvalue weighted by atomic mass is 16.5. The number of aliphatic hydroxyl groups excluding tert-OH is 1. The van der Waals surface area contributed by atoms with Gasteiger partial charge in [0.05, 0.1) is 30.6 Å². The average molecular weight is 447 g/mol. The van der Waals surface area contributed by atoms with Gasteiger partial charge in [-0.15, -0.1) is 0 Å². The van der Waals surface area contributed by atoms with Crippen molar-refractivity contribution in [1.82, 2.24) is 0 Å². The van der Waals surface area contributed by atoms with E-state index in [0.29, 0.717) is 29.4 Å². The third kappa shape index (κ3) is 4.35. The molecule has 2 aromatic carbocycles. The number of anilines is 1. The highest BCUT2D eigenvalue weighted by Gasteiger charge is 2.45. The van der Waals surface area contributed by atoms with Gasteiger partial charge in [-0.05, 0) is 74.9 Å². The molecule has 4 rings (SSSR count). The molecule has 3 aromatic rings. The highest BCUT2D eigenvalue weighted by Crippen LogP contribution is 2.42. The lowest BCUT2D eigenvalue weighted by Crippen LogP contribution is -2.31. The Bertz CT molecular complexity index is 1160. The van der Waals surface area contributed by atoms with Crippen molar-refractivity contribution in [2.24, 2.45) is 0 Å². The number of benzene rings is 2.